The third-order valence-corrected chi connectivity index (χ3v) is 11.1. The summed E-state index contributed by atoms with van der Waals surface area (Å²) in [6.45, 7) is 7.76. The van der Waals surface area contributed by atoms with Gasteiger partial charge in [-0.05, 0) is 50.1 Å². The topological polar surface area (TPSA) is 213 Å². The molecule has 1 aliphatic rings. The van der Waals surface area contributed by atoms with Crippen LogP contribution in [0.15, 0.2) is 48.9 Å². The Morgan fingerprint density at radius 2 is 1.63 bits per heavy atom. The number of aromatic nitrogens is 2. The van der Waals surface area contributed by atoms with Gasteiger partial charge < -0.3 is 44.8 Å². The SMILES string of the molecule is CC(C)C[C@@H](NC(=O)[C@@H](Cc1ccccc1)NC(=O)c1cnccn1)B1OCCCN(CCCCCCCC(=O)NC(P(O)O)[PH](=O)O)CCCO1. The van der Waals surface area contributed by atoms with Crippen LogP contribution in [0.4, 0.5) is 0 Å². The summed E-state index contributed by atoms with van der Waals surface area (Å²) in [5.74, 6) is -1.46. The second-order valence-electron chi connectivity index (χ2n) is 13.4. The Morgan fingerprint density at radius 1 is 0.962 bits per heavy atom. The minimum Gasteiger partial charge on any atom is -0.410 e. The number of rotatable bonds is 20. The maximum Gasteiger partial charge on any atom is 0.480 e. The molecule has 2 aromatic rings. The molecule has 0 aliphatic carbocycles. The molecule has 1 aromatic heterocycles. The molecule has 52 heavy (non-hydrogen) atoms. The van der Waals surface area contributed by atoms with Crippen LogP contribution in [0.1, 0.15) is 87.7 Å². The average Bonchev–Trinajstić information content (AvgIpc) is 3.12. The van der Waals surface area contributed by atoms with Gasteiger partial charge in [0, 0.05) is 51.5 Å². The van der Waals surface area contributed by atoms with Gasteiger partial charge in [0.2, 0.25) is 19.8 Å². The molecule has 1 aromatic carbocycles. The summed E-state index contributed by atoms with van der Waals surface area (Å²) in [5, 5.41) is 8.24. The van der Waals surface area contributed by atoms with Crippen LogP contribution in [0.3, 0.4) is 0 Å². The van der Waals surface area contributed by atoms with E-state index < -0.39 is 52.8 Å². The molecule has 2 heterocycles. The van der Waals surface area contributed by atoms with Gasteiger partial charge in [-0.25, -0.2) is 4.98 Å². The highest BCUT2D eigenvalue weighted by Gasteiger charge is 2.35. The largest absolute Gasteiger partial charge is 0.480 e. The minimum absolute atomic E-state index is 0.125. The Balaban J connectivity index is 1.46. The first-order valence-electron chi connectivity index (χ1n) is 18.1. The zero-order valence-electron chi connectivity index (χ0n) is 30.2. The van der Waals surface area contributed by atoms with Crippen LogP contribution in [0.2, 0.25) is 0 Å². The third-order valence-electron chi connectivity index (χ3n) is 8.52. The van der Waals surface area contributed by atoms with E-state index in [2.05, 4.69) is 44.7 Å². The van der Waals surface area contributed by atoms with Gasteiger partial charge in [0.1, 0.15) is 11.7 Å². The van der Waals surface area contributed by atoms with Crippen molar-refractivity contribution >= 4 is 41.2 Å². The Hall–Kier alpha value is -2.81. The number of benzene rings is 1. The summed E-state index contributed by atoms with van der Waals surface area (Å²) >= 11 is 0. The quantitative estimate of drug-likeness (QED) is 0.0653. The number of unbranched alkanes of at least 4 members (excludes halogenated alkanes) is 4. The highest BCUT2D eigenvalue weighted by molar-refractivity contribution is 7.61. The zero-order valence-corrected chi connectivity index (χ0v) is 32.1. The second kappa shape index (κ2) is 24.5. The summed E-state index contributed by atoms with van der Waals surface area (Å²) in [6, 6.07) is 8.65. The number of carbonyl (C=O) groups excluding carboxylic acids is 3. The van der Waals surface area contributed by atoms with E-state index in [4.69, 9.17) is 14.2 Å². The lowest BCUT2D eigenvalue weighted by Gasteiger charge is -2.30. The molecule has 1 fully saturated rings. The van der Waals surface area contributed by atoms with Crippen molar-refractivity contribution < 1.29 is 42.9 Å². The van der Waals surface area contributed by atoms with E-state index in [1.165, 1.54) is 18.6 Å². The number of carbonyl (C=O) groups is 3. The lowest BCUT2D eigenvalue weighted by Crippen LogP contribution is -2.56. The minimum atomic E-state index is -3.27. The highest BCUT2D eigenvalue weighted by atomic mass is 31.2. The molecule has 0 radical (unpaired) electrons. The van der Waals surface area contributed by atoms with Crippen LogP contribution >= 0.6 is 16.4 Å². The Bertz CT molecular complexity index is 1360. The van der Waals surface area contributed by atoms with Crippen LogP contribution in [-0.2, 0) is 29.9 Å². The van der Waals surface area contributed by atoms with E-state index in [0.29, 0.717) is 32.5 Å². The second-order valence-corrected chi connectivity index (χ2v) is 16.3. The van der Waals surface area contributed by atoms with Gasteiger partial charge >= 0.3 is 7.12 Å². The van der Waals surface area contributed by atoms with Crippen LogP contribution in [0.25, 0.3) is 0 Å². The first kappa shape index (κ1) is 43.6. The lowest BCUT2D eigenvalue weighted by molar-refractivity contribution is -0.123. The van der Waals surface area contributed by atoms with Crippen molar-refractivity contribution in [3.05, 3.63) is 60.2 Å². The molecule has 0 spiro atoms. The van der Waals surface area contributed by atoms with Crippen molar-refractivity contribution in [1.82, 2.24) is 30.8 Å². The molecule has 1 aliphatic heterocycles. The normalized spacial score (nSPS) is 16.9. The zero-order chi connectivity index (χ0) is 37.7. The molecule has 0 bridgehead atoms. The molecule has 18 heteroatoms. The number of nitrogens with zero attached hydrogens (tertiary/aromatic N) is 3. The summed E-state index contributed by atoms with van der Waals surface area (Å²) in [6.07, 6.45) is 11.4. The van der Waals surface area contributed by atoms with Crippen molar-refractivity contribution in [3.63, 3.8) is 0 Å². The van der Waals surface area contributed by atoms with Crippen LogP contribution in [-0.4, -0.2) is 105 Å². The Morgan fingerprint density at radius 3 is 2.25 bits per heavy atom. The average molecular weight is 765 g/mol. The van der Waals surface area contributed by atoms with Gasteiger partial charge in [-0.3, -0.25) is 23.9 Å². The van der Waals surface area contributed by atoms with Crippen molar-refractivity contribution in [3.8, 4) is 0 Å². The van der Waals surface area contributed by atoms with Gasteiger partial charge in [-0.15, -0.1) is 0 Å². The van der Waals surface area contributed by atoms with E-state index >= 15 is 0 Å². The summed E-state index contributed by atoms with van der Waals surface area (Å²) in [7, 11) is -6.61. The number of amides is 3. The molecule has 3 amide bonds. The fourth-order valence-electron chi connectivity index (χ4n) is 5.92. The molecular weight excluding hydrogens is 709 g/mol. The molecule has 1 saturated heterocycles. The molecule has 4 atom stereocenters. The van der Waals surface area contributed by atoms with Crippen molar-refractivity contribution in [2.24, 2.45) is 5.92 Å². The fourth-order valence-corrected chi connectivity index (χ4v) is 7.26. The first-order valence-corrected chi connectivity index (χ1v) is 20.8. The Labute approximate surface area is 309 Å². The third kappa shape index (κ3) is 16.9. The number of hydrogen-bond acceptors (Lipinski definition) is 11. The number of hydrogen-bond donors (Lipinski definition) is 6. The smallest absolute Gasteiger partial charge is 0.410 e. The molecular formula is C34H55BN6O9P2. The number of nitrogens with one attached hydrogen (secondary N) is 3. The molecule has 3 rings (SSSR count). The predicted octanol–water partition coefficient (Wildman–Crippen LogP) is 3.01. The Kier molecular flexibility index (Phi) is 20.5. The van der Waals surface area contributed by atoms with Crippen molar-refractivity contribution in [2.75, 3.05) is 32.8 Å². The standard InChI is InChI=1S/C34H55BN6O9P2/c1-26(2)23-30(39-32(43)28(24-27-13-7-6-8-14-27)38-33(44)29-25-36-16-17-37-29)35-49-21-11-19-41(20-12-22-50-35)18-10-5-3-4-9-15-31(42)40-34(51(45)46)52(47)48/h6-8,13-14,16-17,25-26,28,30,34,45-46,52H,3-5,9-12,15,18-24H2,1-2H3,(H,38,44)(H,39,43)(H,40,42)(H,47,48)/t28-,30-,34?/m1/s1. The maximum absolute atomic E-state index is 13.8. The van der Waals surface area contributed by atoms with Crippen molar-refractivity contribution in [2.45, 2.75) is 95.6 Å². The van der Waals surface area contributed by atoms with Crippen LogP contribution < -0.4 is 16.0 Å². The van der Waals surface area contributed by atoms with Gasteiger partial charge in [0.25, 0.3) is 5.91 Å². The monoisotopic (exact) mass is 764 g/mol. The van der Waals surface area contributed by atoms with Gasteiger partial charge in [-0.2, -0.15) is 0 Å². The van der Waals surface area contributed by atoms with E-state index in [-0.39, 0.29) is 23.9 Å². The van der Waals surface area contributed by atoms with E-state index in [1.807, 2.05) is 30.3 Å². The molecule has 0 saturated carbocycles. The fraction of sp³-hybridized carbons (Fsp3) is 0.618. The highest BCUT2D eigenvalue weighted by Crippen LogP contribution is 2.42. The van der Waals surface area contributed by atoms with Crippen molar-refractivity contribution in [1.29, 1.82) is 0 Å². The predicted molar refractivity (Wildman–Crippen MR) is 200 cm³/mol. The van der Waals surface area contributed by atoms with E-state index in [9.17, 15) is 28.7 Å². The van der Waals surface area contributed by atoms with Gasteiger partial charge in [0.15, 0.2) is 13.9 Å². The summed E-state index contributed by atoms with van der Waals surface area (Å²) < 4.78 is 23.7. The summed E-state index contributed by atoms with van der Waals surface area (Å²) in [5.41, 5.74) is -0.456. The molecule has 6 N–H and O–H groups in total. The van der Waals surface area contributed by atoms with Gasteiger partial charge in [-0.1, -0.05) is 63.4 Å². The summed E-state index contributed by atoms with van der Waals surface area (Å²) in [4.78, 5) is 76.8. The lowest BCUT2D eigenvalue weighted by atomic mass is 9.73. The van der Waals surface area contributed by atoms with E-state index in [0.717, 1.165) is 63.7 Å². The molecule has 288 valence electrons. The molecule has 2 unspecified atom stereocenters. The maximum atomic E-state index is 13.8. The van der Waals surface area contributed by atoms with Crippen LogP contribution in [0.5, 0.6) is 0 Å². The first-order chi connectivity index (χ1) is 25.0. The van der Waals surface area contributed by atoms with Gasteiger partial charge in [0.05, 0.1) is 12.1 Å². The van der Waals surface area contributed by atoms with Crippen LogP contribution in [0, 0.1) is 5.92 Å². The molecule has 15 nitrogen and oxygen atoms in total. The van der Waals surface area contributed by atoms with E-state index in [1.54, 1.807) is 0 Å².